The number of aliphatic hydroxyl groups excluding tert-OH is 5. The number of carbonyl (C=O) groups excluding carboxylic acids is 1. The third-order valence-electron chi connectivity index (χ3n) is 3.29. The number of aldehydes is 1. The van der Waals surface area contributed by atoms with Gasteiger partial charge in [0.2, 0.25) is 0 Å². The van der Waals surface area contributed by atoms with Crippen molar-refractivity contribution in [2.45, 2.75) is 24.4 Å². The van der Waals surface area contributed by atoms with Crippen molar-refractivity contribution in [3.8, 4) is 0 Å². The van der Waals surface area contributed by atoms with Crippen LogP contribution in [-0.2, 0) is 28.5 Å². The van der Waals surface area contributed by atoms with Crippen molar-refractivity contribution in [1.82, 2.24) is 0 Å². The predicted octanol–water partition coefficient (Wildman–Crippen LogP) is -3.30. The van der Waals surface area contributed by atoms with E-state index in [0.717, 1.165) is 0 Å². The Bertz CT molecular complexity index is 331. The minimum atomic E-state index is -1.15. The molecule has 11 heteroatoms. The molecule has 162 valence electrons. The van der Waals surface area contributed by atoms with Crippen molar-refractivity contribution in [1.29, 1.82) is 0 Å². The second-order valence-electron chi connectivity index (χ2n) is 5.24. The molecule has 4 unspecified atom stereocenters. The first-order chi connectivity index (χ1) is 13.2. The van der Waals surface area contributed by atoms with Crippen molar-refractivity contribution >= 4 is 6.29 Å². The predicted molar refractivity (Wildman–Crippen MR) is 91.3 cm³/mol. The molecule has 0 aromatic rings. The van der Waals surface area contributed by atoms with Crippen molar-refractivity contribution in [2.75, 3.05) is 72.7 Å². The highest BCUT2D eigenvalue weighted by Gasteiger charge is 2.38. The van der Waals surface area contributed by atoms with E-state index in [9.17, 15) is 4.79 Å². The zero-order valence-electron chi connectivity index (χ0n) is 15.4. The molecular formula is C16H32O11. The summed E-state index contributed by atoms with van der Waals surface area (Å²) in [7, 11) is 0. The van der Waals surface area contributed by atoms with E-state index in [0.29, 0.717) is 6.29 Å². The van der Waals surface area contributed by atoms with E-state index in [1.54, 1.807) is 0 Å². The van der Waals surface area contributed by atoms with Crippen LogP contribution >= 0.6 is 0 Å². The SMILES string of the molecule is O=CC(OCCO)C(OCCO)C(OCCO)C(COCCO)OCCO. The highest BCUT2D eigenvalue weighted by molar-refractivity contribution is 5.57. The quantitative estimate of drug-likeness (QED) is 0.103. The first kappa shape index (κ1) is 26.3. The van der Waals surface area contributed by atoms with Gasteiger partial charge in [-0.2, -0.15) is 0 Å². The molecule has 0 heterocycles. The van der Waals surface area contributed by atoms with Gasteiger partial charge in [-0.15, -0.1) is 0 Å². The first-order valence-electron chi connectivity index (χ1n) is 8.73. The van der Waals surface area contributed by atoms with E-state index in [4.69, 9.17) is 49.2 Å². The summed E-state index contributed by atoms with van der Waals surface area (Å²) in [6.45, 7) is -1.86. The van der Waals surface area contributed by atoms with Crippen molar-refractivity contribution < 1.29 is 54.0 Å². The zero-order chi connectivity index (χ0) is 20.3. The van der Waals surface area contributed by atoms with Gasteiger partial charge in [0.15, 0.2) is 6.29 Å². The molecule has 0 fully saturated rings. The Kier molecular flexibility index (Phi) is 18.1. The summed E-state index contributed by atoms with van der Waals surface area (Å²) in [5.74, 6) is 0. The molecule has 0 aliphatic carbocycles. The molecule has 5 N–H and O–H groups in total. The van der Waals surface area contributed by atoms with Crippen LogP contribution in [0, 0.1) is 0 Å². The highest BCUT2D eigenvalue weighted by atomic mass is 16.6. The van der Waals surface area contributed by atoms with Crippen LogP contribution < -0.4 is 0 Å². The van der Waals surface area contributed by atoms with Gasteiger partial charge >= 0.3 is 0 Å². The van der Waals surface area contributed by atoms with E-state index < -0.39 is 24.4 Å². The third-order valence-corrected chi connectivity index (χ3v) is 3.29. The normalized spacial score (nSPS) is 16.0. The Labute approximate surface area is 158 Å². The molecule has 0 spiro atoms. The summed E-state index contributed by atoms with van der Waals surface area (Å²) in [4.78, 5) is 11.5. The Morgan fingerprint density at radius 1 is 0.630 bits per heavy atom. The van der Waals surface area contributed by atoms with E-state index in [1.807, 2.05) is 0 Å². The molecule has 0 aliphatic rings. The van der Waals surface area contributed by atoms with Crippen LogP contribution in [0.15, 0.2) is 0 Å². The first-order valence-corrected chi connectivity index (χ1v) is 8.73. The summed E-state index contributed by atoms with van der Waals surface area (Å²) >= 11 is 0. The van der Waals surface area contributed by atoms with Crippen LogP contribution in [0.4, 0.5) is 0 Å². The van der Waals surface area contributed by atoms with Gasteiger partial charge in [-0.3, -0.25) is 0 Å². The average molecular weight is 400 g/mol. The van der Waals surface area contributed by atoms with Gasteiger partial charge in [-0.1, -0.05) is 0 Å². The minimum Gasteiger partial charge on any atom is -0.394 e. The summed E-state index contributed by atoms with van der Waals surface area (Å²) in [6.07, 6.45) is -3.52. The number of aliphatic hydroxyl groups is 5. The zero-order valence-corrected chi connectivity index (χ0v) is 15.4. The molecule has 0 saturated heterocycles. The fraction of sp³-hybridized carbons (Fsp3) is 0.938. The van der Waals surface area contributed by atoms with Crippen molar-refractivity contribution in [2.24, 2.45) is 0 Å². The Morgan fingerprint density at radius 2 is 1.11 bits per heavy atom. The maximum absolute atomic E-state index is 11.5. The molecule has 0 saturated carbocycles. The van der Waals surface area contributed by atoms with Gasteiger partial charge in [0.1, 0.15) is 24.4 Å². The van der Waals surface area contributed by atoms with Crippen LogP contribution in [0.3, 0.4) is 0 Å². The Morgan fingerprint density at radius 3 is 1.63 bits per heavy atom. The van der Waals surface area contributed by atoms with Crippen LogP contribution in [0.2, 0.25) is 0 Å². The van der Waals surface area contributed by atoms with Gasteiger partial charge in [0.05, 0.1) is 72.7 Å². The second-order valence-corrected chi connectivity index (χ2v) is 5.24. The Hall–Kier alpha value is -0.730. The standard InChI is InChI=1S/C16H32O11/c17-1-6-23-12-14(25-8-3-19)16(27-10-5-21)15(26-9-4-20)13(11-22)24-7-2-18/h11,13-21H,1-10,12H2. The molecule has 0 bridgehead atoms. The summed E-state index contributed by atoms with van der Waals surface area (Å²) in [5, 5.41) is 45.0. The monoisotopic (exact) mass is 400 g/mol. The number of rotatable bonds is 20. The lowest BCUT2D eigenvalue weighted by atomic mass is 10.0. The van der Waals surface area contributed by atoms with Crippen LogP contribution in [0.1, 0.15) is 0 Å². The largest absolute Gasteiger partial charge is 0.394 e. The van der Waals surface area contributed by atoms with Crippen LogP contribution in [0.5, 0.6) is 0 Å². The number of ether oxygens (including phenoxy) is 5. The molecule has 0 aliphatic heterocycles. The average Bonchev–Trinajstić information content (AvgIpc) is 2.69. The lowest BCUT2D eigenvalue weighted by molar-refractivity contribution is -0.192. The van der Waals surface area contributed by atoms with Gasteiger partial charge in [-0.25, -0.2) is 0 Å². The molecule has 0 amide bonds. The maximum Gasteiger partial charge on any atom is 0.151 e. The van der Waals surface area contributed by atoms with Gasteiger partial charge in [-0.05, 0) is 0 Å². The van der Waals surface area contributed by atoms with E-state index in [1.165, 1.54) is 0 Å². The third kappa shape index (κ3) is 11.7. The van der Waals surface area contributed by atoms with E-state index in [2.05, 4.69) is 0 Å². The number of hydrogen-bond acceptors (Lipinski definition) is 11. The molecule has 0 rings (SSSR count). The number of hydrogen-bond donors (Lipinski definition) is 5. The minimum absolute atomic E-state index is 0.0337. The fourth-order valence-corrected chi connectivity index (χ4v) is 2.27. The highest BCUT2D eigenvalue weighted by Crippen LogP contribution is 2.18. The van der Waals surface area contributed by atoms with Gasteiger partial charge in [0.25, 0.3) is 0 Å². The molecule has 0 radical (unpaired) electrons. The fourth-order valence-electron chi connectivity index (χ4n) is 2.27. The molecule has 0 aromatic carbocycles. The smallest absolute Gasteiger partial charge is 0.151 e. The van der Waals surface area contributed by atoms with Gasteiger partial charge < -0.3 is 54.0 Å². The summed E-state index contributed by atoms with van der Waals surface area (Å²) in [5.41, 5.74) is 0. The lowest BCUT2D eigenvalue weighted by Crippen LogP contribution is -2.52. The van der Waals surface area contributed by atoms with Gasteiger partial charge in [0, 0.05) is 0 Å². The molecular weight excluding hydrogens is 368 g/mol. The van der Waals surface area contributed by atoms with E-state index >= 15 is 0 Å². The summed E-state index contributed by atoms with van der Waals surface area (Å²) < 4.78 is 27.2. The molecule has 0 aromatic heterocycles. The lowest BCUT2D eigenvalue weighted by Gasteiger charge is -2.35. The molecule has 4 atom stereocenters. The topological polar surface area (TPSA) is 164 Å². The number of carbonyl (C=O) groups is 1. The van der Waals surface area contributed by atoms with Crippen LogP contribution in [0.25, 0.3) is 0 Å². The molecule has 27 heavy (non-hydrogen) atoms. The van der Waals surface area contributed by atoms with Crippen molar-refractivity contribution in [3.63, 3.8) is 0 Å². The maximum atomic E-state index is 11.5. The summed E-state index contributed by atoms with van der Waals surface area (Å²) in [6, 6.07) is 0. The second kappa shape index (κ2) is 18.6. The van der Waals surface area contributed by atoms with Crippen molar-refractivity contribution in [3.05, 3.63) is 0 Å². The van der Waals surface area contributed by atoms with E-state index in [-0.39, 0.29) is 72.7 Å². The molecule has 11 nitrogen and oxygen atoms in total. The van der Waals surface area contributed by atoms with Crippen LogP contribution in [-0.4, -0.2) is 129 Å². The Balaban J connectivity index is 5.46.